The molecule has 6 heteroatoms. The van der Waals surface area contributed by atoms with Crippen LogP contribution in [0.2, 0.25) is 0 Å². The maximum Gasteiger partial charge on any atom is 0.254 e. The molecule has 3 N–H and O–H groups in total. The third-order valence-electron chi connectivity index (χ3n) is 2.74. The Morgan fingerprint density at radius 2 is 1.95 bits per heavy atom. The van der Waals surface area contributed by atoms with Gasteiger partial charge in [0.25, 0.3) is 5.91 Å². The second-order valence-corrected chi connectivity index (χ2v) is 4.11. The smallest absolute Gasteiger partial charge is 0.254 e. The molecule has 1 unspecified atom stereocenters. The molecule has 2 aromatic rings. The minimum atomic E-state index is -0.677. The third-order valence-corrected chi connectivity index (χ3v) is 2.74. The molecular weight excluding hydrogens is 256 g/mol. The molecule has 0 aliphatic heterocycles. The summed E-state index contributed by atoms with van der Waals surface area (Å²) >= 11 is 0. The molecule has 0 radical (unpaired) electrons. The van der Waals surface area contributed by atoms with Crippen molar-refractivity contribution in [2.75, 3.05) is 19.0 Å². The summed E-state index contributed by atoms with van der Waals surface area (Å²) in [5.74, 6) is 0.289. The highest BCUT2D eigenvalue weighted by molar-refractivity contribution is 5.94. The number of carbonyl (C=O) groups is 1. The van der Waals surface area contributed by atoms with Gasteiger partial charge in [-0.05, 0) is 0 Å². The Bertz CT molecular complexity index is 553. The third kappa shape index (κ3) is 3.37. The van der Waals surface area contributed by atoms with E-state index in [-0.39, 0.29) is 12.5 Å². The highest BCUT2D eigenvalue weighted by Gasteiger charge is 2.15. The number of methoxy groups -OCH3 is 1. The van der Waals surface area contributed by atoms with Crippen LogP contribution in [0, 0.1) is 0 Å². The lowest BCUT2D eigenvalue weighted by Gasteiger charge is -2.12. The van der Waals surface area contributed by atoms with Crippen LogP contribution in [0.3, 0.4) is 0 Å². The molecule has 2 rings (SSSR count). The van der Waals surface area contributed by atoms with Crippen molar-refractivity contribution in [1.82, 2.24) is 9.97 Å². The molecule has 0 fully saturated rings. The number of nitrogens with one attached hydrogen (secondary N) is 1. The molecule has 0 spiro atoms. The van der Waals surface area contributed by atoms with E-state index in [0.29, 0.717) is 11.5 Å². The van der Waals surface area contributed by atoms with E-state index in [4.69, 9.17) is 10.5 Å². The standard InChI is InChI=1S/C14H16N4O2/c1-20-12(7-15)14(19)18-11-8-16-13(17-9-11)10-5-3-2-4-6-10/h2-6,8-9,12H,7,15H2,1H3,(H,18,19). The molecule has 1 aromatic carbocycles. The van der Waals surface area contributed by atoms with Gasteiger partial charge in [0.05, 0.1) is 18.1 Å². The van der Waals surface area contributed by atoms with Gasteiger partial charge in [0.15, 0.2) is 5.82 Å². The van der Waals surface area contributed by atoms with E-state index in [9.17, 15) is 4.79 Å². The van der Waals surface area contributed by atoms with Gasteiger partial charge in [-0.1, -0.05) is 30.3 Å². The van der Waals surface area contributed by atoms with Crippen LogP contribution in [0.4, 0.5) is 5.69 Å². The molecule has 0 saturated heterocycles. The molecule has 1 atom stereocenters. The number of amides is 1. The maximum absolute atomic E-state index is 11.8. The molecular formula is C14H16N4O2. The van der Waals surface area contributed by atoms with Crippen molar-refractivity contribution in [3.05, 3.63) is 42.7 Å². The lowest BCUT2D eigenvalue weighted by molar-refractivity contribution is -0.125. The summed E-state index contributed by atoms with van der Waals surface area (Å²) in [5.41, 5.74) is 6.84. The molecule has 1 heterocycles. The number of nitrogens with zero attached hydrogens (tertiary/aromatic N) is 2. The summed E-state index contributed by atoms with van der Waals surface area (Å²) in [6.07, 6.45) is 2.43. The summed E-state index contributed by atoms with van der Waals surface area (Å²) in [4.78, 5) is 20.2. The molecule has 1 aromatic heterocycles. The zero-order valence-corrected chi connectivity index (χ0v) is 11.1. The SMILES string of the molecule is COC(CN)C(=O)Nc1cnc(-c2ccccc2)nc1. The number of aromatic nitrogens is 2. The fourth-order valence-electron chi connectivity index (χ4n) is 1.66. The molecule has 0 bridgehead atoms. The number of nitrogens with two attached hydrogens (primary N) is 1. The lowest BCUT2D eigenvalue weighted by atomic mass is 10.2. The average molecular weight is 272 g/mol. The number of rotatable bonds is 5. The first-order valence-corrected chi connectivity index (χ1v) is 6.15. The number of benzene rings is 1. The first-order chi connectivity index (χ1) is 9.74. The highest BCUT2D eigenvalue weighted by atomic mass is 16.5. The Balaban J connectivity index is 2.07. The first kappa shape index (κ1) is 14.1. The Labute approximate surface area is 117 Å². The van der Waals surface area contributed by atoms with Crippen LogP contribution < -0.4 is 11.1 Å². The Kier molecular flexibility index (Phi) is 4.75. The molecule has 20 heavy (non-hydrogen) atoms. The summed E-state index contributed by atoms with van der Waals surface area (Å²) in [6, 6.07) is 9.60. The van der Waals surface area contributed by atoms with E-state index in [1.807, 2.05) is 30.3 Å². The normalized spacial score (nSPS) is 11.9. The van der Waals surface area contributed by atoms with Crippen LogP contribution in [0.1, 0.15) is 0 Å². The van der Waals surface area contributed by atoms with Crippen molar-refractivity contribution in [2.45, 2.75) is 6.10 Å². The topological polar surface area (TPSA) is 90.1 Å². The van der Waals surface area contributed by atoms with Crippen molar-refractivity contribution < 1.29 is 9.53 Å². The first-order valence-electron chi connectivity index (χ1n) is 6.15. The molecule has 6 nitrogen and oxygen atoms in total. The van der Waals surface area contributed by atoms with Gasteiger partial charge in [-0.25, -0.2) is 9.97 Å². The molecule has 104 valence electrons. The number of hydrogen-bond donors (Lipinski definition) is 2. The largest absolute Gasteiger partial charge is 0.370 e. The quantitative estimate of drug-likeness (QED) is 0.849. The van der Waals surface area contributed by atoms with Crippen LogP contribution in [-0.4, -0.2) is 35.6 Å². The van der Waals surface area contributed by atoms with Gasteiger partial charge in [-0.2, -0.15) is 0 Å². The van der Waals surface area contributed by atoms with Gasteiger partial charge in [0.2, 0.25) is 0 Å². The molecule has 0 aliphatic carbocycles. The average Bonchev–Trinajstić information content (AvgIpc) is 2.50. The molecule has 1 amide bonds. The Morgan fingerprint density at radius 1 is 1.30 bits per heavy atom. The molecule has 0 aliphatic rings. The second kappa shape index (κ2) is 6.74. The van der Waals surface area contributed by atoms with Crippen LogP contribution in [0.25, 0.3) is 11.4 Å². The van der Waals surface area contributed by atoms with Gasteiger partial charge in [-0.15, -0.1) is 0 Å². The van der Waals surface area contributed by atoms with Crippen LogP contribution >= 0.6 is 0 Å². The van der Waals surface area contributed by atoms with E-state index < -0.39 is 6.10 Å². The van der Waals surface area contributed by atoms with E-state index in [1.165, 1.54) is 7.11 Å². The lowest BCUT2D eigenvalue weighted by Crippen LogP contribution is -2.35. The van der Waals surface area contributed by atoms with E-state index in [2.05, 4.69) is 15.3 Å². The van der Waals surface area contributed by atoms with Crippen molar-refractivity contribution >= 4 is 11.6 Å². The van der Waals surface area contributed by atoms with E-state index >= 15 is 0 Å². The predicted molar refractivity (Wildman–Crippen MR) is 75.9 cm³/mol. The highest BCUT2D eigenvalue weighted by Crippen LogP contribution is 2.14. The predicted octanol–water partition coefficient (Wildman–Crippen LogP) is 1.06. The van der Waals surface area contributed by atoms with E-state index in [1.54, 1.807) is 12.4 Å². The van der Waals surface area contributed by atoms with Gasteiger partial charge in [0.1, 0.15) is 6.10 Å². The Hall–Kier alpha value is -2.31. The number of hydrogen-bond acceptors (Lipinski definition) is 5. The summed E-state index contributed by atoms with van der Waals surface area (Å²) in [5, 5.41) is 2.65. The van der Waals surface area contributed by atoms with Crippen molar-refractivity contribution in [2.24, 2.45) is 5.73 Å². The summed E-state index contributed by atoms with van der Waals surface area (Å²) < 4.78 is 4.95. The van der Waals surface area contributed by atoms with Crippen molar-refractivity contribution in [3.8, 4) is 11.4 Å². The summed E-state index contributed by atoms with van der Waals surface area (Å²) in [7, 11) is 1.44. The maximum atomic E-state index is 11.8. The van der Waals surface area contributed by atoms with Crippen LogP contribution in [0.5, 0.6) is 0 Å². The zero-order valence-electron chi connectivity index (χ0n) is 11.1. The van der Waals surface area contributed by atoms with Crippen molar-refractivity contribution in [1.29, 1.82) is 0 Å². The van der Waals surface area contributed by atoms with Gasteiger partial charge >= 0.3 is 0 Å². The summed E-state index contributed by atoms with van der Waals surface area (Å²) in [6.45, 7) is 0.116. The number of anilines is 1. The molecule has 0 saturated carbocycles. The van der Waals surface area contributed by atoms with Crippen LogP contribution in [-0.2, 0) is 9.53 Å². The van der Waals surface area contributed by atoms with Gasteiger partial charge in [-0.3, -0.25) is 4.79 Å². The monoisotopic (exact) mass is 272 g/mol. The number of ether oxygens (including phenoxy) is 1. The zero-order chi connectivity index (χ0) is 14.4. The van der Waals surface area contributed by atoms with Gasteiger partial charge in [0, 0.05) is 19.2 Å². The van der Waals surface area contributed by atoms with E-state index in [0.717, 1.165) is 5.56 Å². The fraction of sp³-hybridized carbons (Fsp3) is 0.214. The van der Waals surface area contributed by atoms with Crippen molar-refractivity contribution in [3.63, 3.8) is 0 Å². The minimum Gasteiger partial charge on any atom is -0.370 e. The second-order valence-electron chi connectivity index (χ2n) is 4.11. The Morgan fingerprint density at radius 3 is 2.50 bits per heavy atom. The van der Waals surface area contributed by atoms with Crippen LogP contribution in [0.15, 0.2) is 42.7 Å². The fourth-order valence-corrected chi connectivity index (χ4v) is 1.66. The minimum absolute atomic E-state index is 0.116. The van der Waals surface area contributed by atoms with Gasteiger partial charge < -0.3 is 15.8 Å². The number of carbonyl (C=O) groups excluding carboxylic acids is 1.